The van der Waals surface area contributed by atoms with Crippen LogP contribution < -0.4 is 0 Å². The Hall–Kier alpha value is -1.52. The van der Waals surface area contributed by atoms with Gasteiger partial charge >= 0.3 is 6.18 Å². The average Bonchev–Trinajstić information content (AvgIpc) is 3.02. The molecule has 0 saturated heterocycles. The van der Waals surface area contributed by atoms with E-state index in [1.165, 1.54) is 12.4 Å². The lowest BCUT2D eigenvalue weighted by Gasteiger charge is -2.10. The molecule has 0 unspecified atom stereocenters. The van der Waals surface area contributed by atoms with Crippen molar-refractivity contribution in [1.82, 2.24) is 9.55 Å². The van der Waals surface area contributed by atoms with Crippen LogP contribution in [0, 0.1) is 0 Å². The zero-order valence-corrected chi connectivity index (χ0v) is 9.25. The van der Waals surface area contributed by atoms with E-state index in [1.54, 1.807) is 11.6 Å². The summed E-state index contributed by atoms with van der Waals surface area (Å²) in [5, 5.41) is 0. The van der Waals surface area contributed by atoms with Gasteiger partial charge in [0.25, 0.3) is 0 Å². The predicted octanol–water partition coefficient (Wildman–Crippen LogP) is 3.47. The van der Waals surface area contributed by atoms with Crippen molar-refractivity contribution in [2.45, 2.75) is 24.9 Å². The summed E-state index contributed by atoms with van der Waals surface area (Å²) < 4.78 is 40.5. The maximum absolute atomic E-state index is 12.9. The Balaban J connectivity index is 2.30. The molecule has 1 heterocycles. The van der Waals surface area contributed by atoms with Crippen molar-refractivity contribution in [1.29, 1.82) is 0 Å². The van der Waals surface area contributed by atoms with Gasteiger partial charge in [-0.05, 0) is 36.5 Å². The molecule has 1 aromatic carbocycles. The highest BCUT2D eigenvalue weighted by molar-refractivity contribution is 5.80. The maximum Gasteiger partial charge on any atom is 0.418 e. The second-order valence-electron chi connectivity index (χ2n) is 4.56. The fourth-order valence-electron chi connectivity index (χ4n) is 2.12. The van der Waals surface area contributed by atoms with Crippen LogP contribution in [0.1, 0.15) is 29.9 Å². The van der Waals surface area contributed by atoms with Crippen molar-refractivity contribution in [2.75, 3.05) is 0 Å². The van der Waals surface area contributed by atoms with Crippen LogP contribution in [0.3, 0.4) is 0 Å². The molecule has 1 aliphatic carbocycles. The van der Waals surface area contributed by atoms with E-state index in [9.17, 15) is 13.2 Å². The van der Waals surface area contributed by atoms with Gasteiger partial charge in [0.2, 0.25) is 0 Å². The van der Waals surface area contributed by atoms with E-state index < -0.39 is 11.7 Å². The summed E-state index contributed by atoms with van der Waals surface area (Å²) in [5.74, 6) is 0.301. The van der Waals surface area contributed by atoms with Gasteiger partial charge < -0.3 is 4.57 Å². The summed E-state index contributed by atoms with van der Waals surface area (Å²) >= 11 is 0. The molecule has 1 aromatic heterocycles. The highest BCUT2D eigenvalue weighted by Crippen LogP contribution is 2.44. The SMILES string of the molecule is Cn1cnc2c(C(F)(F)F)cc(C3CC3)cc21. The van der Waals surface area contributed by atoms with Gasteiger partial charge in [-0.25, -0.2) is 4.98 Å². The minimum atomic E-state index is -4.34. The number of imidazole rings is 1. The van der Waals surface area contributed by atoms with Gasteiger partial charge in [-0.1, -0.05) is 0 Å². The van der Waals surface area contributed by atoms with Crippen molar-refractivity contribution < 1.29 is 13.2 Å². The number of fused-ring (bicyclic) bond motifs is 1. The van der Waals surface area contributed by atoms with Crippen LogP contribution in [0.2, 0.25) is 0 Å². The lowest BCUT2D eigenvalue weighted by molar-refractivity contribution is -0.136. The fraction of sp³-hybridized carbons (Fsp3) is 0.417. The standard InChI is InChI=1S/C12H11F3N2/c1-17-6-16-11-9(12(13,14)15)4-8(5-10(11)17)7-2-3-7/h4-7H,2-3H2,1H3. The highest BCUT2D eigenvalue weighted by Gasteiger charge is 2.36. The van der Waals surface area contributed by atoms with Crippen molar-refractivity contribution in [3.8, 4) is 0 Å². The summed E-state index contributed by atoms with van der Waals surface area (Å²) in [6, 6.07) is 3.09. The first-order valence-corrected chi connectivity index (χ1v) is 5.49. The third kappa shape index (κ3) is 1.69. The first-order valence-electron chi connectivity index (χ1n) is 5.49. The smallest absolute Gasteiger partial charge is 0.334 e. The van der Waals surface area contributed by atoms with Gasteiger partial charge in [0, 0.05) is 7.05 Å². The van der Waals surface area contributed by atoms with Gasteiger partial charge in [0.15, 0.2) is 0 Å². The molecule has 0 bridgehead atoms. The Labute approximate surface area is 96.1 Å². The van der Waals surface area contributed by atoms with Crippen molar-refractivity contribution >= 4 is 11.0 Å². The summed E-state index contributed by atoms with van der Waals surface area (Å²) in [6.07, 6.45) is -0.935. The molecule has 0 amide bonds. The second-order valence-corrected chi connectivity index (χ2v) is 4.56. The minimum Gasteiger partial charge on any atom is -0.334 e. The third-order valence-corrected chi connectivity index (χ3v) is 3.21. The molecule has 2 aromatic rings. The van der Waals surface area contributed by atoms with Crippen LogP contribution in [-0.2, 0) is 13.2 Å². The normalized spacial score (nSPS) is 16.7. The summed E-state index contributed by atoms with van der Waals surface area (Å²) in [5.41, 5.74) is 0.775. The Morgan fingerprint density at radius 2 is 2.00 bits per heavy atom. The predicted molar refractivity (Wildman–Crippen MR) is 57.7 cm³/mol. The molecule has 0 spiro atoms. The number of halogens is 3. The molecule has 1 saturated carbocycles. The molecule has 5 heteroatoms. The number of benzene rings is 1. The second kappa shape index (κ2) is 3.24. The first-order chi connectivity index (χ1) is 7.97. The topological polar surface area (TPSA) is 17.8 Å². The molecular weight excluding hydrogens is 229 g/mol. The van der Waals surface area contributed by atoms with Gasteiger partial charge in [0.05, 0.1) is 17.4 Å². The van der Waals surface area contributed by atoms with Crippen LogP contribution >= 0.6 is 0 Å². The summed E-state index contributed by atoms with van der Waals surface area (Å²) in [4.78, 5) is 3.85. The Bertz CT molecular complexity index is 579. The number of hydrogen-bond donors (Lipinski definition) is 0. The molecule has 0 N–H and O–H groups in total. The lowest BCUT2D eigenvalue weighted by Crippen LogP contribution is -2.07. The largest absolute Gasteiger partial charge is 0.418 e. The van der Waals surface area contributed by atoms with E-state index in [4.69, 9.17) is 0 Å². The number of aryl methyl sites for hydroxylation is 1. The molecule has 90 valence electrons. The van der Waals surface area contributed by atoms with Crippen LogP contribution in [0.15, 0.2) is 18.5 Å². The Kier molecular flexibility index (Phi) is 2.03. The van der Waals surface area contributed by atoms with Crippen molar-refractivity contribution in [3.63, 3.8) is 0 Å². The first kappa shape index (κ1) is 10.6. The Morgan fingerprint density at radius 1 is 1.29 bits per heavy atom. The number of aromatic nitrogens is 2. The van der Waals surface area contributed by atoms with Gasteiger partial charge in [-0.3, -0.25) is 0 Å². The lowest BCUT2D eigenvalue weighted by atomic mass is 10.0. The third-order valence-electron chi connectivity index (χ3n) is 3.21. The number of rotatable bonds is 1. The number of nitrogens with zero attached hydrogens (tertiary/aromatic N) is 2. The van der Waals surface area contributed by atoms with Crippen molar-refractivity contribution in [2.24, 2.45) is 7.05 Å². The Morgan fingerprint density at radius 3 is 2.59 bits per heavy atom. The summed E-state index contributed by atoms with van der Waals surface area (Å²) in [6.45, 7) is 0. The minimum absolute atomic E-state index is 0.0457. The van der Waals surface area contributed by atoms with Crippen LogP contribution in [0.5, 0.6) is 0 Å². The molecule has 3 rings (SSSR count). The van der Waals surface area contributed by atoms with Crippen molar-refractivity contribution in [3.05, 3.63) is 29.6 Å². The van der Waals surface area contributed by atoms with E-state index in [1.807, 2.05) is 6.07 Å². The molecular formula is C12H11F3N2. The molecule has 0 radical (unpaired) electrons. The van der Waals surface area contributed by atoms with E-state index in [0.717, 1.165) is 18.4 Å². The van der Waals surface area contributed by atoms with E-state index in [2.05, 4.69) is 4.98 Å². The molecule has 2 nitrogen and oxygen atoms in total. The van der Waals surface area contributed by atoms with Crippen LogP contribution in [0.25, 0.3) is 11.0 Å². The zero-order valence-electron chi connectivity index (χ0n) is 9.25. The van der Waals surface area contributed by atoms with E-state index >= 15 is 0 Å². The monoisotopic (exact) mass is 240 g/mol. The molecule has 0 atom stereocenters. The zero-order chi connectivity index (χ0) is 12.2. The molecule has 1 aliphatic rings. The molecule has 1 fully saturated rings. The highest BCUT2D eigenvalue weighted by atomic mass is 19.4. The van der Waals surface area contributed by atoms with Crippen LogP contribution in [-0.4, -0.2) is 9.55 Å². The van der Waals surface area contributed by atoms with Gasteiger partial charge in [-0.15, -0.1) is 0 Å². The fourth-order valence-corrected chi connectivity index (χ4v) is 2.12. The maximum atomic E-state index is 12.9. The number of alkyl halides is 3. The van der Waals surface area contributed by atoms with E-state index in [-0.39, 0.29) is 5.52 Å². The van der Waals surface area contributed by atoms with Crippen LogP contribution in [0.4, 0.5) is 13.2 Å². The molecule has 0 aliphatic heterocycles. The van der Waals surface area contributed by atoms with Gasteiger partial charge in [0.1, 0.15) is 5.52 Å². The van der Waals surface area contributed by atoms with E-state index in [0.29, 0.717) is 11.4 Å². The van der Waals surface area contributed by atoms with Gasteiger partial charge in [-0.2, -0.15) is 13.2 Å². The number of hydrogen-bond acceptors (Lipinski definition) is 1. The molecule has 17 heavy (non-hydrogen) atoms. The quantitative estimate of drug-likeness (QED) is 0.746. The summed E-state index contributed by atoms with van der Waals surface area (Å²) in [7, 11) is 1.71. The average molecular weight is 240 g/mol.